The highest BCUT2D eigenvalue weighted by Crippen LogP contribution is 2.21. The normalized spacial score (nSPS) is 11.1. The minimum atomic E-state index is -3.96. The molecule has 1 aromatic heterocycles. The van der Waals surface area contributed by atoms with Crippen molar-refractivity contribution in [2.45, 2.75) is 11.8 Å². The summed E-state index contributed by atoms with van der Waals surface area (Å²) < 4.78 is 26.5. The van der Waals surface area contributed by atoms with Crippen molar-refractivity contribution < 1.29 is 23.1 Å². The van der Waals surface area contributed by atoms with Crippen LogP contribution in [0.3, 0.4) is 0 Å². The molecule has 0 bridgehead atoms. The number of carboxylic acids is 1. The van der Waals surface area contributed by atoms with Crippen molar-refractivity contribution in [2.24, 2.45) is 0 Å². The lowest BCUT2D eigenvalue weighted by Gasteiger charge is -2.05. The van der Waals surface area contributed by atoms with Gasteiger partial charge in [-0.25, -0.2) is 18.2 Å². The molecule has 0 aliphatic rings. The molecule has 0 radical (unpaired) electrons. The fourth-order valence-corrected chi connectivity index (χ4v) is 3.50. The Morgan fingerprint density at radius 2 is 2.05 bits per heavy atom. The third kappa shape index (κ3) is 3.44. The van der Waals surface area contributed by atoms with Crippen molar-refractivity contribution in [2.75, 3.05) is 4.72 Å². The standard InChI is InChI=1S/C12H10N2O5S2/c1-7(15)10-6-20-12(13-10)14-21(18,19)9-4-2-3-8(5-9)11(16)17/h2-6H,1H3,(H,13,14)(H,16,17). The summed E-state index contributed by atoms with van der Waals surface area (Å²) in [6.45, 7) is 1.32. The van der Waals surface area contributed by atoms with Gasteiger partial charge in [0.25, 0.3) is 10.0 Å². The number of benzene rings is 1. The first-order valence-electron chi connectivity index (χ1n) is 5.62. The maximum atomic E-state index is 12.1. The Bertz CT molecular complexity index is 811. The van der Waals surface area contributed by atoms with Crippen LogP contribution >= 0.6 is 11.3 Å². The van der Waals surface area contributed by atoms with E-state index in [1.165, 1.54) is 30.5 Å². The molecule has 0 fully saturated rings. The topological polar surface area (TPSA) is 113 Å². The van der Waals surface area contributed by atoms with Crippen LogP contribution < -0.4 is 4.72 Å². The van der Waals surface area contributed by atoms with E-state index in [-0.39, 0.29) is 27.1 Å². The first kappa shape index (κ1) is 15.1. The summed E-state index contributed by atoms with van der Waals surface area (Å²) in [4.78, 5) is 25.6. The molecule has 0 spiro atoms. The quantitative estimate of drug-likeness (QED) is 0.811. The smallest absolute Gasteiger partial charge is 0.335 e. The van der Waals surface area contributed by atoms with Crippen LogP contribution in [0.15, 0.2) is 34.5 Å². The number of aromatic carboxylic acids is 1. The number of carbonyl (C=O) groups is 2. The van der Waals surface area contributed by atoms with Gasteiger partial charge in [0.2, 0.25) is 0 Å². The molecule has 21 heavy (non-hydrogen) atoms. The van der Waals surface area contributed by atoms with E-state index in [0.717, 1.165) is 17.4 Å². The van der Waals surface area contributed by atoms with Crippen molar-refractivity contribution in [3.05, 3.63) is 40.9 Å². The van der Waals surface area contributed by atoms with Gasteiger partial charge in [-0.3, -0.25) is 9.52 Å². The molecule has 0 unspecified atom stereocenters. The average molecular weight is 326 g/mol. The van der Waals surface area contributed by atoms with Gasteiger partial charge >= 0.3 is 5.97 Å². The van der Waals surface area contributed by atoms with E-state index < -0.39 is 16.0 Å². The average Bonchev–Trinajstić information content (AvgIpc) is 2.87. The van der Waals surface area contributed by atoms with Gasteiger partial charge in [0.1, 0.15) is 5.69 Å². The fraction of sp³-hybridized carbons (Fsp3) is 0.0833. The largest absolute Gasteiger partial charge is 0.478 e. The Kier molecular flexibility index (Phi) is 4.05. The van der Waals surface area contributed by atoms with Crippen molar-refractivity contribution in [1.82, 2.24) is 4.98 Å². The molecule has 0 amide bonds. The number of rotatable bonds is 5. The van der Waals surface area contributed by atoms with Crippen LogP contribution in [0.2, 0.25) is 0 Å². The Labute approximate surface area is 124 Å². The second-order valence-electron chi connectivity index (χ2n) is 4.03. The summed E-state index contributed by atoms with van der Waals surface area (Å²) in [5.74, 6) is -1.50. The van der Waals surface area contributed by atoms with Gasteiger partial charge in [0.15, 0.2) is 10.9 Å². The van der Waals surface area contributed by atoms with Gasteiger partial charge in [0.05, 0.1) is 10.5 Å². The third-order valence-electron chi connectivity index (χ3n) is 2.48. The van der Waals surface area contributed by atoms with Crippen LogP contribution in [0.1, 0.15) is 27.8 Å². The Morgan fingerprint density at radius 1 is 1.33 bits per heavy atom. The molecule has 1 aromatic carbocycles. The van der Waals surface area contributed by atoms with Crippen molar-refractivity contribution in [3.63, 3.8) is 0 Å². The van der Waals surface area contributed by atoms with Crippen LogP contribution in [0.25, 0.3) is 0 Å². The Hall–Kier alpha value is -2.26. The zero-order valence-electron chi connectivity index (χ0n) is 10.7. The maximum Gasteiger partial charge on any atom is 0.335 e. The molecule has 9 heteroatoms. The summed E-state index contributed by atoms with van der Waals surface area (Å²) in [5.41, 5.74) is 0.0263. The number of nitrogens with zero attached hydrogens (tertiary/aromatic N) is 1. The van der Waals surface area contributed by atoms with Gasteiger partial charge in [0, 0.05) is 12.3 Å². The molecule has 0 saturated heterocycles. The van der Waals surface area contributed by atoms with Crippen LogP contribution in [0.5, 0.6) is 0 Å². The highest BCUT2D eigenvalue weighted by Gasteiger charge is 2.18. The number of aromatic nitrogens is 1. The van der Waals surface area contributed by atoms with Gasteiger partial charge in [-0.05, 0) is 18.2 Å². The summed E-state index contributed by atoms with van der Waals surface area (Å²) in [6.07, 6.45) is 0. The van der Waals surface area contributed by atoms with E-state index >= 15 is 0 Å². The molecule has 0 aliphatic heterocycles. The predicted molar refractivity (Wildman–Crippen MR) is 76.3 cm³/mol. The highest BCUT2D eigenvalue weighted by atomic mass is 32.2. The summed E-state index contributed by atoms with van der Waals surface area (Å²) in [5, 5.41) is 10.3. The van der Waals surface area contributed by atoms with Crippen LogP contribution in [-0.4, -0.2) is 30.3 Å². The summed E-state index contributed by atoms with van der Waals surface area (Å²) >= 11 is 0.971. The molecule has 0 saturated carbocycles. The Morgan fingerprint density at radius 3 is 2.62 bits per heavy atom. The van der Waals surface area contributed by atoms with E-state index in [1.54, 1.807) is 0 Å². The second kappa shape index (κ2) is 5.62. The zero-order chi connectivity index (χ0) is 15.6. The molecular weight excluding hydrogens is 316 g/mol. The van der Waals surface area contributed by atoms with Gasteiger partial charge in [-0.2, -0.15) is 0 Å². The van der Waals surface area contributed by atoms with Crippen molar-refractivity contribution >= 4 is 38.2 Å². The van der Waals surface area contributed by atoms with Crippen LogP contribution in [0.4, 0.5) is 5.13 Å². The van der Waals surface area contributed by atoms with Crippen LogP contribution in [-0.2, 0) is 10.0 Å². The molecule has 0 aliphatic carbocycles. The number of sulfonamides is 1. The molecule has 110 valence electrons. The third-order valence-corrected chi connectivity index (χ3v) is 4.70. The van der Waals surface area contributed by atoms with Gasteiger partial charge < -0.3 is 5.11 Å². The van der Waals surface area contributed by atoms with Gasteiger partial charge in [-0.1, -0.05) is 6.07 Å². The van der Waals surface area contributed by atoms with Crippen molar-refractivity contribution in [3.8, 4) is 0 Å². The van der Waals surface area contributed by atoms with E-state index in [9.17, 15) is 18.0 Å². The number of anilines is 1. The predicted octanol–water partition coefficient (Wildman–Crippen LogP) is 1.84. The Balaban J connectivity index is 2.31. The molecule has 7 nitrogen and oxygen atoms in total. The first-order chi connectivity index (χ1) is 9.79. The number of Topliss-reactive ketones (excluding diaryl/α,β-unsaturated/α-hetero) is 1. The number of ketones is 1. The van der Waals surface area contributed by atoms with Crippen LogP contribution in [0, 0.1) is 0 Å². The monoisotopic (exact) mass is 326 g/mol. The number of hydrogen-bond acceptors (Lipinski definition) is 6. The molecule has 2 N–H and O–H groups in total. The maximum absolute atomic E-state index is 12.1. The lowest BCUT2D eigenvalue weighted by molar-refractivity contribution is 0.0696. The van der Waals surface area contributed by atoms with E-state index in [2.05, 4.69) is 9.71 Å². The molecule has 2 aromatic rings. The zero-order valence-corrected chi connectivity index (χ0v) is 12.4. The highest BCUT2D eigenvalue weighted by molar-refractivity contribution is 7.93. The minimum absolute atomic E-state index is 0.0425. The van der Waals surface area contributed by atoms with Gasteiger partial charge in [-0.15, -0.1) is 11.3 Å². The fourth-order valence-electron chi connectivity index (χ4n) is 1.45. The summed E-state index contributed by atoms with van der Waals surface area (Å²) in [6, 6.07) is 4.94. The molecular formula is C12H10N2O5S2. The number of nitrogens with one attached hydrogen (secondary N) is 1. The van der Waals surface area contributed by atoms with E-state index in [4.69, 9.17) is 5.11 Å². The number of thiazole rings is 1. The lowest BCUT2D eigenvalue weighted by atomic mass is 10.2. The number of hydrogen-bond donors (Lipinski definition) is 2. The van der Waals surface area contributed by atoms with E-state index in [0.29, 0.717) is 0 Å². The molecule has 2 rings (SSSR count). The summed E-state index contributed by atoms with van der Waals surface area (Å²) in [7, 11) is -3.96. The SMILES string of the molecule is CC(=O)c1csc(NS(=O)(=O)c2cccc(C(=O)O)c2)n1. The minimum Gasteiger partial charge on any atom is -0.478 e. The number of carboxylic acid groups (broad SMARTS) is 1. The van der Waals surface area contributed by atoms with Crippen molar-refractivity contribution in [1.29, 1.82) is 0 Å². The lowest BCUT2D eigenvalue weighted by Crippen LogP contribution is -2.13. The van der Waals surface area contributed by atoms with E-state index in [1.807, 2.05) is 0 Å². The number of carbonyl (C=O) groups excluding carboxylic acids is 1. The molecule has 0 atom stereocenters. The first-order valence-corrected chi connectivity index (χ1v) is 7.98. The molecule has 1 heterocycles. The second-order valence-corrected chi connectivity index (χ2v) is 6.57.